The lowest BCUT2D eigenvalue weighted by Gasteiger charge is -2.20. The van der Waals surface area contributed by atoms with E-state index in [0.29, 0.717) is 32.2 Å². The lowest BCUT2D eigenvalue weighted by atomic mass is 10.3. The van der Waals surface area contributed by atoms with Crippen molar-refractivity contribution in [3.63, 3.8) is 0 Å². The van der Waals surface area contributed by atoms with Crippen LogP contribution in [0.2, 0.25) is 0 Å². The molecule has 1 aliphatic rings. The zero-order chi connectivity index (χ0) is 12.0. The second-order valence-electron chi connectivity index (χ2n) is 4.04. The van der Waals surface area contributed by atoms with Crippen LogP contribution in [-0.4, -0.2) is 49.6 Å². The number of hydrogen-bond donors (Lipinski definition) is 1. The van der Waals surface area contributed by atoms with Crippen LogP contribution in [0.5, 0.6) is 0 Å². The van der Waals surface area contributed by atoms with Gasteiger partial charge in [0.05, 0.1) is 6.61 Å². The van der Waals surface area contributed by atoms with Crippen molar-refractivity contribution in [2.45, 2.75) is 32.2 Å². The molecule has 5 nitrogen and oxygen atoms in total. The zero-order valence-electron chi connectivity index (χ0n) is 9.99. The number of methoxy groups -OCH3 is 1. The molecule has 1 rings (SSSR count). The number of amides is 2. The molecular formula is C11H20N2O3. The van der Waals surface area contributed by atoms with Gasteiger partial charge in [-0.15, -0.1) is 0 Å². The molecule has 0 heterocycles. The molecule has 0 bridgehead atoms. The van der Waals surface area contributed by atoms with Crippen molar-refractivity contribution >= 4 is 11.8 Å². The lowest BCUT2D eigenvalue weighted by Crippen LogP contribution is -2.36. The maximum atomic E-state index is 11.4. The normalized spacial score (nSPS) is 14.6. The standard InChI is InChI=1S/C11H20N2O3/c1-9(14)13(10-3-4-10)7-5-11(15)12-6-8-16-2/h10H,3-8H2,1-2H3,(H,12,15). The summed E-state index contributed by atoms with van der Waals surface area (Å²) in [5.74, 6) is 0.0381. The van der Waals surface area contributed by atoms with Crippen LogP contribution >= 0.6 is 0 Å². The molecule has 1 N–H and O–H groups in total. The van der Waals surface area contributed by atoms with Crippen LogP contribution in [0.25, 0.3) is 0 Å². The molecule has 0 aromatic carbocycles. The number of nitrogens with one attached hydrogen (secondary N) is 1. The third kappa shape index (κ3) is 4.61. The van der Waals surface area contributed by atoms with Gasteiger partial charge in [0.25, 0.3) is 0 Å². The van der Waals surface area contributed by atoms with Crippen LogP contribution in [0.4, 0.5) is 0 Å². The molecule has 5 heteroatoms. The summed E-state index contributed by atoms with van der Waals surface area (Å²) in [7, 11) is 1.59. The lowest BCUT2D eigenvalue weighted by molar-refractivity contribution is -0.130. The van der Waals surface area contributed by atoms with E-state index in [-0.39, 0.29) is 11.8 Å². The molecule has 0 aromatic rings. The summed E-state index contributed by atoms with van der Waals surface area (Å²) in [6.07, 6.45) is 2.52. The number of rotatable bonds is 7. The molecule has 92 valence electrons. The maximum Gasteiger partial charge on any atom is 0.221 e. The van der Waals surface area contributed by atoms with Crippen molar-refractivity contribution in [3.8, 4) is 0 Å². The Labute approximate surface area is 96.1 Å². The largest absolute Gasteiger partial charge is 0.383 e. The predicted octanol–water partition coefficient (Wildman–Crippen LogP) is 0.150. The van der Waals surface area contributed by atoms with E-state index in [1.54, 1.807) is 18.9 Å². The van der Waals surface area contributed by atoms with Crippen LogP contribution in [0.15, 0.2) is 0 Å². The Morgan fingerprint density at radius 1 is 1.44 bits per heavy atom. The first-order valence-electron chi connectivity index (χ1n) is 5.68. The summed E-state index contributed by atoms with van der Waals surface area (Å²) in [6, 6.07) is 0.379. The molecule has 0 aliphatic heterocycles. The van der Waals surface area contributed by atoms with E-state index in [2.05, 4.69) is 5.32 Å². The molecule has 1 aliphatic carbocycles. The monoisotopic (exact) mass is 228 g/mol. The first kappa shape index (κ1) is 13.0. The number of nitrogens with zero attached hydrogens (tertiary/aromatic N) is 1. The third-order valence-electron chi connectivity index (χ3n) is 2.60. The van der Waals surface area contributed by atoms with Crippen LogP contribution in [0.3, 0.4) is 0 Å². The molecule has 0 saturated heterocycles. The Morgan fingerprint density at radius 3 is 2.62 bits per heavy atom. The minimum absolute atomic E-state index is 0.0241. The van der Waals surface area contributed by atoms with E-state index < -0.39 is 0 Å². The quantitative estimate of drug-likeness (QED) is 0.631. The van der Waals surface area contributed by atoms with Gasteiger partial charge in [-0.3, -0.25) is 9.59 Å². The van der Waals surface area contributed by atoms with E-state index in [1.807, 2.05) is 0 Å². The summed E-state index contributed by atoms with van der Waals surface area (Å²) in [6.45, 7) is 3.13. The van der Waals surface area contributed by atoms with Crippen molar-refractivity contribution in [3.05, 3.63) is 0 Å². The Balaban J connectivity index is 2.16. The minimum Gasteiger partial charge on any atom is -0.383 e. The minimum atomic E-state index is -0.0241. The van der Waals surface area contributed by atoms with Gasteiger partial charge in [-0.2, -0.15) is 0 Å². The van der Waals surface area contributed by atoms with Crippen molar-refractivity contribution in [2.75, 3.05) is 26.8 Å². The molecule has 16 heavy (non-hydrogen) atoms. The molecular weight excluding hydrogens is 208 g/mol. The average Bonchev–Trinajstić information content (AvgIpc) is 3.02. The van der Waals surface area contributed by atoms with Gasteiger partial charge < -0.3 is 15.0 Å². The summed E-state index contributed by atoms with van der Waals surface area (Å²) >= 11 is 0. The Hall–Kier alpha value is -1.10. The fourth-order valence-electron chi connectivity index (χ4n) is 1.59. The van der Waals surface area contributed by atoms with Crippen LogP contribution in [-0.2, 0) is 14.3 Å². The highest BCUT2D eigenvalue weighted by molar-refractivity contribution is 5.78. The van der Waals surface area contributed by atoms with E-state index >= 15 is 0 Å². The van der Waals surface area contributed by atoms with Crippen molar-refractivity contribution in [2.24, 2.45) is 0 Å². The van der Waals surface area contributed by atoms with E-state index in [1.165, 1.54) is 0 Å². The molecule has 0 spiro atoms. The highest BCUT2D eigenvalue weighted by Crippen LogP contribution is 2.26. The average molecular weight is 228 g/mol. The summed E-state index contributed by atoms with van der Waals surface area (Å²) in [5, 5.41) is 2.74. The van der Waals surface area contributed by atoms with Gasteiger partial charge in [-0.1, -0.05) is 0 Å². The summed E-state index contributed by atoms with van der Waals surface area (Å²) in [5.41, 5.74) is 0. The number of ether oxygens (including phenoxy) is 1. The van der Waals surface area contributed by atoms with Gasteiger partial charge in [0, 0.05) is 39.6 Å². The predicted molar refractivity (Wildman–Crippen MR) is 59.9 cm³/mol. The van der Waals surface area contributed by atoms with E-state index in [4.69, 9.17) is 4.74 Å². The zero-order valence-corrected chi connectivity index (χ0v) is 9.99. The highest BCUT2D eigenvalue weighted by Gasteiger charge is 2.30. The smallest absolute Gasteiger partial charge is 0.221 e. The Kier molecular flexibility index (Phi) is 5.25. The van der Waals surface area contributed by atoms with Crippen LogP contribution in [0.1, 0.15) is 26.2 Å². The Bertz CT molecular complexity index is 252. The molecule has 1 fully saturated rings. The molecule has 0 unspecified atom stereocenters. The first-order valence-corrected chi connectivity index (χ1v) is 5.68. The maximum absolute atomic E-state index is 11.4. The summed E-state index contributed by atoms with van der Waals surface area (Å²) in [4.78, 5) is 24.4. The topological polar surface area (TPSA) is 58.6 Å². The highest BCUT2D eigenvalue weighted by atomic mass is 16.5. The first-order chi connectivity index (χ1) is 7.65. The van der Waals surface area contributed by atoms with Gasteiger partial charge >= 0.3 is 0 Å². The number of hydrogen-bond acceptors (Lipinski definition) is 3. The fraction of sp³-hybridized carbons (Fsp3) is 0.818. The second kappa shape index (κ2) is 6.48. The number of carbonyl (C=O) groups excluding carboxylic acids is 2. The van der Waals surface area contributed by atoms with E-state index in [0.717, 1.165) is 12.8 Å². The second-order valence-corrected chi connectivity index (χ2v) is 4.04. The van der Waals surface area contributed by atoms with Crippen LogP contribution < -0.4 is 5.32 Å². The van der Waals surface area contributed by atoms with E-state index in [9.17, 15) is 9.59 Å². The van der Waals surface area contributed by atoms with Crippen molar-refractivity contribution in [1.82, 2.24) is 10.2 Å². The van der Waals surface area contributed by atoms with Crippen LogP contribution in [0, 0.1) is 0 Å². The molecule has 1 saturated carbocycles. The molecule has 0 aromatic heterocycles. The van der Waals surface area contributed by atoms with Gasteiger partial charge in [0.2, 0.25) is 11.8 Å². The Morgan fingerprint density at radius 2 is 2.12 bits per heavy atom. The van der Waals surface area contributed by atoms with Gasteiger partial charge in [-0.05, 0) is 12.8 Å². The third-order valence-corrected chi connectivity index (χ3v) is 2.60. The van der Waals surface area contributed by atoms with Gasteiger partial charge in [0.15, 0.2) is 0 Å². The summed E-state index contributed by atoms with van der Waals surface area (Å²) < 4.78 is 4.83. The molecule has 0 atom stereocenters. The fourth-order valence-corrected chi connectivity index (χ4v) is 1.59. The van der Waals surface area contributed by atoms with Gasteiger partial charge in [0.1, 0.15) is 0 Å². The molecule has 2 amide bonds. The molecule has 0 radical (unpaired) electrons. The SMILES string of the molecule is COCCNC(=O)CCN(C(C)=O)C1CC1. The number of carbonyl (C=O) groups is 2. The van der Waals surface area contributed by atoms with Gasteiger partial charge in [-0.25, -0.2) is 0 Å². The van der Waals surface area contributed by atoms with Crippen molar-refractivity contribution in [1.29, 1.82) is 0 Å². The van der Waals surface area contributed by atoms with Crippen molar-refractivity contribution < 1.29 is 14.3 Å².